The first kappa shape index (κ1) is 51.8. The number of likely N-dealkylation sites (N-methyl/N-ethyl adjacent to an activating group) is 1. The number of quaternary nitrogens is 1. The zero-order chi connectivity index (χ0) is 39.3. The first-order chi connectivity index (χ1) is 25.5. The van der Waals surface area contributed by atoms with Crippen LogP contribution in [0.15, 0.2) is 12.2 Å². The molecule has 53 heavy (non-hydrogen) atoms. The molecular formula is C43H84NO8P. The molecule has 0 heterocycles. The first-order valence-corrected chi connectivity index (χ1v) is 23.4. The van der Waals surface area contributed by atoms with E-state index in [0.29, 0.717) is 23.9 Å². The van der Waals surface area contributed by atoms with Crippen LogP contribution < -0.4 is 4.89 Å². The molecule has 0 radical (unpaired) electrons. The number of rotatable bonds is 40. The number of hydrogen-bond acceptors (Lipinski definition) is 8. The van der Waals surface area contributed by atoms with Crippen molar-refractivity contribution in [2.24, 2.45) is 0 Å². The van der Waals surface area contributed by atoms with Gasteiger partial charge in [0.1, 0.15) is 19.8 Å². The number of ether oxygens (including phenoxy) is 2. The van der Waals surface area contributed by atoms with Crippen molar-refractivity contribution < 1.29 is 42.1 Å². The molecule has 0 amide bonds. The molecule has 0 aliphatic heterocycles. The number of carbonyl (C=O) groups excluding carboxylic acids is 2. The van der Waals surface area contributed by atoms with Crippen molar-refractivity contribution in [3.63, 3.8) is 0 Å². The van der Waals surface area contributed by atoms with Crippen LogP contribution in [0.4, 0.5) is 0 Å². The van der Waals surface area contributed by atoms with E-state index < -0.39 is 32.5 Å². The maximum absolute atomic E-state index is 12.6. The number of phosphoric ester groups is 1. The van der Waals surface area contributed by atoms with Crippen LogP contribution in [0.5, 0.6) is 0 Å². The Morgan fingerprint density at radius 2 is 0.962 bits per heavy atom. The van der Waals surface area contributed by atoms with Gasteiger partial charge in [0, 0.05) is 12.8 Å². The van der Waals surface area contributed by atoms with Gasteiger partial charge in [0.25, 0.3) is 7.82 Å². The van der Waals surface area contributed by atoms with Gasteiger partial charge in [-0.2, -0.15) is 0 Å². The maximum Gasteiger partial charge on any atom is 0.306 e. The summed E-state index contributed by atoms with van der Waals surface area (Å²) in [5.41, 5.74) is 0. The third-order valence-electron chi connectivity index (χ3n) is 9.54. The zero-order valence-corrected chi connectivity index (χ0v) is 36.1. The number of esters is 2. The first-order valence-electron chi connectivity index (χ1n) is 21.9. The summed E-state index contributed by atoms with van der Waals surface area (Å²) in [4.78, 5) is 37.5. The maximum atomic E-state index is 12.6. The quantitative estimate of drug-likeness (QED) is 0.0199. The fourth-order valence-electron chi connectivity index (χ4n) is 6.06. The number of unbranched alkanes of at least 4 members (excludes halogenated alkanes) is 24. The molecule has 0 N–H and O–H groups in total. The number of hydrogen-bond donors (Lipinski definition) is 0. The van der Waals surface area contributed by atoms with Gasteiger partial charge in [-0.3, -0.25) is 14.2 Å². The van der Waals surface area contributed by atoms with Crippen molar-refractivity contribution in [3.05, 3.63) is 12.2 Å². The Bertz CT molecular complexity index is 922. The summed E-state index contributed by atoms with van der Waals surface area (Å²) in [7, 11) is 1.17. The lowest BCUT2D eigenvalue weighted by Crippen LogP contribution is -2.37. The zero-order valence-electron chi connectivity index (χ0n) is 35.2. The van der Waals surface area contributed by atoms with Crippen molar-refractivity contribution in [2.75, 3.05) is 47.5 Å². The van der Waals surface area contributed by atoms with E-state index in [2.05, 4.69) is 26.0 Å². The van der Waals surface area contributed by atoms with E-state index in [-0.39, 0.29) is 26.1 Å². The molecule has 10 heteroatoms. The predicted molar refractivity (Wildman–Crippen MR) is 218 cm³/mol. The van der Waals surface area contributed by atoms with E-state index in [1.54, 1.807) is 0 Å². The van der Waals surface area contributed by atoms with Gasteiger partial charge in [0.2, 0.25) is 0 Å². The summed E-state index contributed by atoms with van der Waals surface area (Å²) >= 11 is 0. The highest BCUT2D eigenvalue weighted by molar-refractivity contribution is 7.45. The van der Waals surface area contributed by atoms with Crippen LogP contribution in [-0.4, -0.2) is 70.0 Å². The van der Waals surface area contributed by atoms with Gasteiger partial charge in [-0.15, -0.1) is 0 Å². The van der Waals surface area contributed by atoms with Crippen molar-refractivity contribution >= 4 is 19.8 Å². The van der Waals surface area contributed by atoms with Crippen molar-refractivity contribution in [2.45, 2.75) is 206 Å². The predicted octanol–water partition coefficient (Wildman–Crippen LogP) is 11.6. The number of nitrogens with zero attached hydrogens (tertiary/aromatic N) is 1. The highest BCUT2D eigenvalue weighted by atomic mass is 31.2. The molecule has 314 valence electrons. The summed E-state index contributed by atoms with van der Waals surface area (Å²) in [5, 5.41) is 0. The average molecular weight is 774 g/mol. The van der Waals surface area contributed by atoms with Gasteiger partial charge in [-0.05, 0) is 38.5 Å². The summed E-state index contributed by atoms with van der Waals surface area (Å²) < 4.78 is 33.9. The second kappa shape index (κ2) is 36.4. The van der Waals surface area contributed by atoms with Gasteiger partial charge < -0.3 is 27.9 Å². The van der Waals surface area contributed by atoms with Crippen LogP contribution >= 0.6 is 7.82 Å². The van der Waals surface area contributed by atoms with Gasteiger partial charge in [-0.25, -0.2) is 0 Å². The van der Waals surface area contributed by atoms with E-state index in [4.69, 9.17) is 18.5 Å². The Morgan fingerprint density at radius 1 is 0.566 bits per heavy atom. The Morgan fingerprint density at radius 3 is 1.43 bits per heavy atom. The Labute approximate surface area is 326 Å². The normalized spacial score (nSPS) is 13.7. The second-order valence-corrected chi connectivity index (χ2v) is 17.5. The molecule has 0 aromatic heterocycles. The van der Waals surface area contributed by atoms with E-state index in [1.807, 2.05) is 21.1 Å². The lowest BCUT2D eigenvalue weighted by Gasteiger charge is -2.28. The SMILES string of the molecule is CCCCCCCCCCC/C=C/CCCCC(=O)OC[C@H](COP(=O)([O-])OCC[N+](C)(C)C)OC(=O)CCCCCCCCCCCCCCCC. The minimum atomic E-state index is -4.62. The minimum absolute atomic E-state index is 0.0305. The molecule has 0 rings (SSSR count). The third-order valence-corrected chi connectivity index (χ3v) is 10.5. The molecule has 9 nitrogen and oxygen atoms in total. The largest absolute Gasteiger partial charge is 0.756 e. The second-order valence-electron chi connectivity index (χ2n) is 16.1. The molecule has 0 bridgehead atoms. The Hall–Kier alpha value is -1.25. The molecule has 0 aromatic carbocycles. The standard InChI is InChI=1S/C43H84NO8P/c1-6-8-10-12-14-16-18-20-22-24-25-27-29-31-33-35-42(45)49-39-41(40-51-53(47,48)50-38-37-44(3,4)5)52-43(46)36-34-32-30-28-26-23-21-19-17-15-13-11-9-7-2/h25,27,41H,6-24,26,28-40H2,1-5H3/b27-25+/t41-/m1/s1. The smallest absolute Gasteiger partial charge is 0.306 e. The number of allylic oxidation sites excluding steroid dienone is 2. The van der Waals surface area contributed by atoms with Gasteiger partial charge in [-0.1, -0.05) is 161 Å². The van der Waals surface area contributed by atoms with Gasteiger partial charge >= 0.3 is 11.9 Å². The van der Waals surface area contributed by atoms with Crippen LogP contribution in [0.2, 0.25) is 0 Å². The lowest BCUT2D eigenvalue weighted by molar-refractivity contribution is -0.870. The average Bonchev–Trinajstić information content (AvgIpc) is 3.10. The molecule has 0 aromatic rings. The summed E-state index contributed by atoms with van der Waals surface area (Å²) in [5.74, 6) is -0.851. The van der Waals surface area contributed by atoms with Crippen LogP contribution in [0.1, 0.15) is 200 Å². The molecule has 2 atom stereocenters. The molecule has 0 saturated heterocycles. The molecule has 1 unspecified atom stereocenters. The molecule has 0 aliphatic carbocycles. The van der Waals surface area contributed by atoms with E-state index in [9.17, 15) is 19.0 Å². The topological polar surface area (TPSA) is 111 Å². The Kier molecular flexibility index (Phi) is 35.5. The molecular weight excluding hydrogens is 689 g/mol. The van der Waals surface area contributed by atoms with Crippen LogP contribution in [-0.2, 0) is 32.7 Å². The van der Waals surface area contributed by atoms with Gasteiger partial charge in [0.15, 0.2) is 6.10 Å². The lowest BCUT2D eigenvalue weighted by atomic mass is 10.0. The fraction of sp³-hybridized carbons (Fsp3) is 0.907. The highest BCUT2D eigenvalue weighted by Gasteiger charge is 2.21. The van der Waals surface area contributed by atoms with E-state index in [0.717, 1.165) is 32.1 Å². The molecule has 0 saturated carbocycles. The monoisotopic (exact) mass is 774 g/mol. The van der Waals surface area contributed by atoms with Crippen molar-refractivity contribution in [1.82, 2.24) is 0 Å². The number of carbonyl (C=O) groups is 2. The molecule has 0 fully saturated rings. The van der Waals surface area contributed by atoms with Crippen LogP contribution in [0.3, 0.4) is 0 Å². The third kappa shape index (κ3) is 40.2. The van der Waals surface area contributed by atoms with Crippen LogP contribution in [0, 0.1) is 0 Å². The summed E-state index contributed by atoms with van der Waals surface area (Å²) in [6.07, 6.45) is 36.6. The fourth-order valence-corrected chi connectivity index (χ4v) is 6.79. The van der Waals surface area contributed by atoms with Gasteiger partial charge in [0.05, 0.1) is 27.7 Å². The summed E-state index contributed by atoms with van der Waals surface area (Å²) in [6.45, 7) is 4.22. The van der Waals surface area contributed by atoms with Crippen molar-refractivity contribution in [1.29, 1.82) is 0 Å². The van der Waals surface area contributed by atoms with Crippen molar-refractivity contribution in [3.8, 4) is 0 Å². The van der Waals surface area contributed by atoms with E-state index in [1.165, 1.54) is 128 Å². The summed E-state index contributed by atoms with van der Waals surface area (Å²) in [6, 6.07) is 0. The highest BCUT2D eigenvalue weighted by Crippen LogP contribution is 2.38. The van der Waals surface area contributed by atoms with E-state index >= 15 is 0 Å². The number of phosphoric acid groups is 1. The minimum Gasteiger partial charge on any atom is -0.756 e. The molecule has 0 aliphatic rings. The molecule has 0 spiro atoms. The Balaban J connectivity index is 4.37. The van der Waals surface area contributed by atoms with Crippen LogP contribution in [0.25, 0.3) is 0 Å².